The zero-order chi connectivity index (χ0) is 16.3. The second-order valence-electron chi connectivity index (χ2n) is 5.13. The smallest absolute Gasteiger partial charge is 0.243 e. The fourth-order valence-electron chi connectivity index (χ4n) is 2.46. The Hall–Kier alpha value is -1.31. The van der Waals surface area contributed by atoms with Gasteiger partial charge in [0, 0.05) is 13.1 Å². The number of benzene rings is 1. The molecule has 1 fully saturated rings. The van der Waals surface area contributed by atoms with Crippen LogP contribution in [0.25, 0.3) is 0 Å². The maximum atomic E-state index is 12.7. The van der Waals surface area contributed by atoms with Crippen LogP contribution in [0.4, 0.5) is 0 Å². The Morgan fingerprint density at radius 2 is 2.23 bits per heavy atom. The van der Waals surface area contributed by atoms with Gasteiger partial charge < -0.3 is 10.5 Å². The highest BCUT2D eigenvalue weighted by molar-refractivity contribution is 7.89. The van der Waals surface area contributed by atoms with E-state index in [1.54, 1.807) is 0 Å². The van der Waals surface area contributed by atoms with Gasteiger partial charge in [0.15, 0.2) is 0 Å². The monoisotopic (exact) mass is 346 g/mol. The van der Waals surface area contributed by atoms with Crippen LogP contribution in [0.5, 0.6) is 5.75 Å². The van der Waals surface area contributed by atoms with Gasteiger partial charge in [-0.05, 0) is 38.0 Å². The van der Waals surface area contributed by atoms with Gasteiger partial charge in [-0.2, -0.15) is 4.31 Å². The minimum atomic E-state index is -3.70. The number of nitrogens with two attached hydrogens (primary N) is 1. The molecule has 0 bridgehead atoms. The molecule has 0 aliphatic carbocycles. The van der Waals surface area contributed by atoms with Crippen LogP contribution < -0.4 is 10.5 Å². The lowest BCUT2D eigenvalue weighted by Crippen LogP contribution is -2.44. The van der Waals surface area contributed by atoms with E-state index in [9.17, 15) is 13.2 Å². The molecule has 1 saturated heterocycles. The SMILES string of the molecule is CCOc1ccc(S(=O)(=O)N2CCCC(C(N)=O)C2)cc1Cl. The average Bonchev–Trinajstić information content (AvgIpc) is 2.49. The summed E-state index contributed by atoms with van der Waals surface area (Å²) in [6.45, 7) is 2.75. The van der Waals surface area contributed by atoms with Gasteiger partial charge in [0.25, 0.3) is 0 Å². The lowest BCUT2D eigenvalue weighted by atomic mass is 9.99. The maximum Gasteiger partial charge on any atom is 0.243 e. The van der Waals surface area contributed by atoms with E-state index in [-0.39, 0.29) is 16.5 Å². The molecule has 0 aromatic heterocycles. The van der Waals surface area contributed by atoms with Crippen LogP contribution in [0.2, 0.25) is 5.02 Å². The van der Waals surface area contributed by atoms with E-state index in [0.717, 1.165) is 0 Å². The van der Waals surface area contributed by atoms with E-state index in [4.69, 9.17) is 22.1 Å². The van der Waals surface area contributed by atoms with Crippen molar-refractivity contribution >= 4 is 27.5 Å². The number of primary amides is 1. The lowest BCUT2D eigenvalue weighted by Gasteiger charge is -2.30. The van der Waals surface area contributed by atoms with Gasteiger partial charge in [-0.3, -0.25) is 4.79 Å². The second-order valence-corrected chi connectivity index (χ2v) is 7.47. The number of rotatable bonds is 5. The molecule has 2 rings (SSSR count). The Kier molecular flexibility index (Phi) is 5.31. The topological polar surface area (TPSA) is 89.7 Å². The molecule has 1 heterocycles. The number of nitrogens with zero attached hydrogens (tertiary/aromatic N) is 1. The molecule has 1 aliphatic heterocycles. The molecule has 0 spiro atoms. The molecule has 1 aromatic carbocycles. The van der Waals surface area contributed by atoms with Crippen LogP contribution in [0.3, 0.4) is 0 Å². The van der Waals surface area contributed by atoms with E-state index in [2.05, 4.69) is 0 Å². The predicted molar refractivity (Wildman–Crippen MR) is 83.3 cm³/mol. The van der Waals surface area contributed by atoms with Crippen LogP contribution in [0.1, 0.15) is 19.8 Å². The molecule has 0 saturated carbocycles. The summed E-state index contributed by atoms with van der Waals surface area (Å²) in [5.74, 6) is -0.469. The summed E-state index contributed by atoms with van der Waals surface area (Å²) >= 11 is 6.05. The molecule has 8 heteroatoms. The summed E-state index contributed by atoms with van der Waals surface area (Å²) in [7, 11) is -3.70. The number of hydrogen-bond acceptors (Lipinski definition) is 4. The average molecular weight is 347 g/mol. The van der Waals surface area contributed by atoms with Crippen molar-refractivity contribution in [3.8, 4) is 5.75 Å². The minimum absolute atomic E-state index is 0.0890. The number of carbonyl (C=O) groups excluding carboxylic acids is 1. The van der Waals surface area contributed by atoms with Gasteiger partial charge in [0.1, 0.15) is 5.75 Å². The summed E-state index contributed by atoms with van der Waals surface area (Å²) < 4.78 is 31.9. The highest BCUT2D eigenvalue weighted by Crippen LogP contribution is 2.30. The fraction of sp³-hybridized carbons (Fsp3) is 0.500. The van der Waals surface area contributed by atoms with Crippen molar-refractivity contribution in [1.82, 2.24) is 4.31 Å². The van der Waals surface area contributed by atoms with Crippen molar-refractivity contribution in [2.24, 2.45) is 11.7 Å². The molecule has 2 N–H and O–H groups in total. The standard InChI is InChI=1S/C14H19ClN2O4S/c1-2-21-13-6-5-11(8-12(13)15)22(19,20)17-7-3-4-10(9-17)14(16)18/h5-6,8,10H,2-4,7,9H2,1H3,(H2,16,18). The molecule has 1 amide bonds. The first-order valence-corrected chi connectivity index (χ1v) is 8.90. The molecule has 6 nitrogen and oxygen atoms in total. The zero-order valence-electron chi connectivity index (χ0n) is 12.3. The minimum Gasteiger partial charge on any atom is -0.492 e. The first-order chi connectivity index (χ1) is 10.4. The Labute approximate surface area is 135 Å². The number of halogens is 1. The summed E-state index contributed by atoms with van der Waals surface area (Å²) in [5.41, 5.74) is 5.29. The molecule has 0 radical (unpaired) electrons. The molecular weight excluding hydrogens is 328 g/mol. The Morgan fingerprint density at radius 3 is 2.82 bits per heavy atom. The van der Waals surface area contributed by atoms with E-state index in [1.165, 1.54) is 22.5 Å². The molecule has 1 aliphatic rings. The molecule has 122 valence electrons. The molecular formula is C14H19ClN2O4S. The van der Waals surface area contributed by atoms with E-state index in [0.29, 0.717) is 31.7 Å². The van der Waals surface area contributed by atoms with Gasteiger partial charge >= 0.3 is 0 Å². The van der Waals surface area contributed by atoms with Crippen molar-refractivity contribution in [2.75, 3.05) is 19.7 Å². The van der Waals surface area contributed by atoms with E-state index >= 15 is 0 Å². The van der Waals surface area contributed by atoms with Gasteiger partial charge in [0.2, 0.25) is 15.9 Å². The highest BCUT2D eigenvalue weighted by atomic mass is 35.5. The van der Waals surface area contributed by atoms with Gasteiger partial charge in [-0.15, -0.1) is 0 Å². The maximum absolute atomic E-state index is 12.7. The zero-order valence-corrected chi connectivity index (χ0v) is 13.9. The normalized spacial score (nSPS) is 19.8. The van der Waals surface area contributed by atoms with Crippen LogP contribution in [-0.4, -0.2) is 38.3 Å². The third kappa shape index (κ3) is 3.53. The van der Waals surface area contributed by atoms with Gasteiger partial charge in [0.05, 0.1) is 22.4 Å². The van der Waals surface area contributed by atoms with Crippen molar-refractivity contribution in [3.05, 3.63) is 23.2 Å². The van der Waals surface area contributed by atoms with Crippen molar-refractivity contribution in [2.45, 2.75) is 24.7 Å². The molecule has 22 heavy (non-hydrogen) atoms. The first-order valence-electron chi connectivity index (χ1n) is 7.08. The van der Waals surface area contributed by atoms with Crippen LogP contribution in [0, 0.1) is 5.92 Å². The van der Waals surface area contributed by atoms with E-state index in [1.807, 2.05) is 6.92 Å². The van der Waals surface area contributed by atoms with Crippen molar-refractivity contribution in [3.63, 3.8) is 0 Å². The number of hydrogen-bond donors (Lipinski definition) is 1. The molecule has 1 atom stereocenters. The largest absolute Gasteiger partial charge is 0.492 e. The lowest BCUT2D eigenvalue weighted by molar-refractivity contribution is -0.122. The highest BCUT2D eigenvalue weighted by Gasteiger charge is 2.32. The van der Waals surface area contributed by atoms with Gasteiger partial charge in [-0.25, -0.2) is 8.42 Å². The predicted octanol–water partition coefficient (Wildman–Crippen LogP) is 1.62. The van der Waals surface area contributed by atoms with Crippen LogP contribution in [0.15, 0.2) is 23.1 Å². The summed E-state index contributed by atoms with van der Waals surface area (Å²) in [6, 6.07) is 4.37. The third-order valence-corrected chi connectivity index (χ3v) is 5.78. The summed E-state index contributed by atoms with van der Waals surface area (Å²) in [5, 5.41) is 0.242. The second kappa shape index (κ2) is 6.85. The Balaban J connectivity index is 2.26. The van der Waals surface area contributed by atoms with Gasteiger partial charge in [-0.1, -0.05) is 11.6 Å². The fourth-order valence-corrected chi connectivity index (χ4v) is 4.31. The molecule has 1 aromatic rings. The van der Waals surface area contributed by atoms with Crippen molar-refractivity contribution in [1.29, 1.82) is 0 Å². The quantitative estimate of drug-likeness (QED) is 0.877. The van der Waals surface area contributed by atoms with Crippen molar-refractivity contribution < 1.29 is 17.9 Å². The van der Waals surface area contributed by atoms with E-state index < -0.39 is 21.8 Å². The van der Waals surface area contributed by atoms with Crippen LogP contribution >= 0.6 is 11.6 Å². The number of piperidine rings is 1. The number of carbonyl (C=O) groups is 1. The number of ether oxygens (including phenoxy) is 1. The van der Waals surface area contributed by atoms with Crippen LogP contribution in [-0.2, 0) is 14.8 Å². The third-order valence-electron chi connectivity index (χ3n) is 3.63. The number of sulfonamides is 1. The Bertz CT molecular complexity index is 663. The first kappa shape index (κ1) is 17.1. The number of amides is 1. The molecule has 1 unspecified atom stereocenters. The summed E-state index contributed by atoms with van der Waals surface area (Å²) in [4.78, 5) is 11.4. The Morgan fingerprint density at radius 1 is 1.50 bits per heavy atom. The summed E-state index contributed by atoms with van der Waals surface area (Å²) in [6.07, 6.45) is 1.23.